The van der Waals surface area contributed by atoms with Crippen molar-refractivity contribution in [3.63, 3.8) is 0 Å². The summed E-state index contributed by atoms with van der Waals surface area (Å²) in [5.74, 6) is 4.90. The topological polar surface area (TPSA) is 18.5 Å². The van der Waals surface area contributed by atoms with Crippen molar-refractivity contribution < 1.29 is 9.47 Å². The van der Waals surface area contributed by atoms with E-state index < -0.39 is 12.2 Å². The van der Waals surface area contributed by atoms with Crippen LogP contribution in [0.5, 0.6) is 0 Å². The van der Waals surface area contributed by atoms with Crippen molar-refractivity contribution in [2.75, 3.05) is 13.2 Å². The Morgan fingerprint density at radius 2 is 1.33 bits per heavy atom. The molecule has 2 nitrogen and oxygen atoms in total. The van der Waals surface area contributed by atoms with Crippen molar-refractivity contribution in [2.24, 2.45) is 0 Å². The Morgan fingerprint density at radius 1 is 1.00 bits per heavy atom. The lowest BCUT2D eigenvalue weighted by Gasteiger charge is -2.17. The molecule has 0 aromatic heterocycles. The zero-order valence-electron chi connectivity index (χ0n) is 7.54. The number of ether oxygens (including phenoxy) is 2. The number of rotatable bonds is 5. The van der Waals surface area contributed by atoms with Gasteiger partial charge >= 0.3 is 0 Å². The van der Waals surface area contributed by atoms with Gasteiger partial charge < -0.3 is 9.47 Å². The van der Waals surface area contributed by atoms with Crippen LogP contribution in [0.2, 0.25) is 0 Å². The molecule has 0 radical (unpaired) electrons. The zero-order valence-corrected chi connectivity index (χ0v) is 7.54. The first-order valence-electron chi connectivity index (χ1n) is 3.95. The van der Waals surface area contributed by atoms with Gasteiger partial charge in [-0.05, 0) is 13.8 Å². The molecule has 0 saturated heterocycles. The Hall–Kier alpha value is -0.960. The predicted molar refractivity (Wildman–Crippen MR) is 48.5 cm³/mol. The van der Waals surface area contributed by atoms with E-state index in [1.165, 1.54) is 0 Å². The maximum atomic E-state index is 5.22. The van der Waals surface area contributed by atoms with Crippen LogP contribution >= 0.6 is 0 Å². The summed E-state index contributed by atoms with van der Waals surface area (Å²) in [6.07, 6.45) is 9.57. The van der Waals surface area contributed by atoms with Crippen LogP contribution in [0, 0.1) is 24.7 Å². The Morgan fingerprint density at radius 3 is 1.50 bits per heavy atom. The first kappa shape index (κ1) is 11.0. The summed E-state index contributed by atoms with van der Waals surface area (Å²) in [5.41, 5.74) is 0. The van der Waals surface area contributed by atoms with E-state index in [4.69, 9.17) is 22.3 Å². The molecule has 0 unspecified atom stereocenters. The Bertz CT molecular complexity index is 163. The third kappa shape index (κ3) is 3.44. The molecule has 2 heteroatoms. The maximum absolute atomic E-state index is 5.22. The Balaban J connectivity index is 4.07. The lowest BCUT2D eigenvalue weighted by molar-refractivity contribution is -0.0116. The van der Waals surface area contributed by atoms with Crippen molar-refractivity contribution in [2.45, 2.75) is 26.1 Å². The fourth-order valence-electron chi connectivity index (χ4n) is 0.805. The second kappa shape index (κ2) is 6.73. The van der Waals surface area contributed by atoms with E-state index in [0.717, 1.165) is 0 Å². The minimum atomic E-state index is -0.431. The number of hydrogen-bond acceptors (Lipinski definition) is 2. The molecule has 0 aliphatic rings. The molecule has 0 bridgehead atoms. The second-order valence-corrected chi connectivity index (χ2v) is 2.09. The van der Waals surface area contributed by atoms with E-state index in [-0.39, 0.29) is 0 Å². The van der Waals surface area contributed by atoms with Crippen LogP contribution in [-0.4, -0.2) is 25.4 Å². The molecule has 0 aromatic rings. The van der Waals surface area contributed by atoms with Crippen molar-refractivity contribution in [3.8, 4) is 24.7 Å². The van der Waals surface area contributed by atoms with Gasteiger partial charge in [-0.3, -0.25) is 0 Å². The Labute approximate surface area is 74.2 Å². The molecule has 0 aromatic carbocycles. The van der Waals surface area contributed by atoms with Crippen LogP contribution in [0.4, 0.5) is 0 Å². The van der Waals surface area contributed by atoms with Gasteiger partial charge in [0.1, 0.15) is 0 Å². The zero-order chi connectivity index (χ0) is 9.40. The van der Waals surface area contributed by atoms with Gasteiger partial charge in [-0.1, -0.05) is 11.8 Å². The fourth-order valence-corrected chi connectivity index (χ4v) is 0.805. The highest BCUT2D eigenvalue weighted by atomic mass is 16.5. The monoisotopic (exact) mass is 166 g/mol. The van der Waals surface area contributed by atoms with Crippen molar-refractivity contribution >= 4 is 0 Å². The van der Waals surface area contributed by atoms with E-state index in [9.17, 15) is 0 Å². The van der Waals surface area contributed by atoms with Crippen LogP contribution in [0.25, 0.3) is 0 Å². The number of hydrogen-bond donors (Lipinski definition) is 0. The summed E-state index contributed by atoms with van der Waals surface area (Å²) in [7, 11) is 0. The lowest BCUT2D eigenvalue weighted by atomic mass is 10.2. The molecule has 0 aliphatic carbocycles. The lowest BCUT2D eigenvalue weighted by Crippen LogP contribution is -2.29. The predicted octanol–water partition coefficient (Wildman–Crippen LogP) is 1.06. The molecule has 66 valence electrons. The van der Waals surface area contributed by atoms with Gasteiger partial charge in [0.2, 0.25) is 0 Å². The first-order chi connectivity index (χ1) is 5.79. The van der Waals surface area contributed by atoms with Crippen LogP contribution in [0.3, 0.4) is 0 Å². The molecular weight excluding hydrogens is 152 g/mol. The number of terminal acetylenes is 2. The van der Waals surface area contributed by atoms with Crippen molar-refractivity contribution in [1.29, 1.82) is 0 Å². The molecular formula is C10H14O2. The van der Waals surface area contributed by atoms with E-state index in [1.807, 2.05) is 13.8 Å². The van der Waals surface area contributed by atoms with E-state index in [0.29, 0.717) is 13.2 Å². The molecule has 0 spiro atoms. The smallest absolute Gasteiger partial charge is 0.155 e. The van der Waals surface area contributed by atoms with E-state index in [2.05, 4.69) is 11.8 Å². The highest BCUT2D eigenvalue weighted by Crippen LogP contribution is 2.02. The highest BCUT2D eigenvalue weighted by Gasteiger charge is 2.16. The van der Waals surface area contributed by atoms with Crippen LogP contribution < -0.4 is 0 Å². The SMILES string of the molecule is C#C[C@@H](OCC)[C@@H](C#C)OCC. The quantitative estimate of drug-likeness (QED) is 0.569. The molecule has 0 heterocycles. The van der Waals surface area contributed by atoms with Gasteiger partial charge in [0.25, 0.3) is 0 Å². The van der Waals surface area contributed by atoms with E-state index in [1.54, 1.807) is 0 Å². The second-order valence-electron chi connectivity index (χ2n) is 2.09. The summed E-state index contributed by atoms with van der Waals surface area (Å²) in [6, 6.07) is 0. The fraction of sp³-hybridized carbons (Fsp3) is 0.600. The first-order valence-corrected chi connectivity index (χ1v) is 3.95. The van der Waals surface area contributed by atoms with Gasteiger partial charge in [0.05, 0.1) is 0 Å². The highest BCUT2D eigenvalue weighted by molar-refractivity contribution is 5.10. The summed E-state index contributed by atoms with van der Waals surface area (Å²) >= 11 is 0. The molecule has 0 amide bonds. The van der Waals surface area contributed by atoms with Crippen molar-refractivity contribution in [3.05, 3.63) is 0 Å². The van der Waals surface area contributed by atoms with E-state index >= 15 is 0 Å². The summed E-state index contributed by atoms with van der Waals surface area (Å²) in [4.78, 5) is 0. The Kier molecular flexibility index (Phi) is 6.19. The van der Waals surface area contributed by atoms with Crippen molar-refractivity contribution in [1.82, 2.24) is 0 Å². The normalized spacial score (nSPS) is 14.3. The average molecular weight is 166 g/mol. The van der Waals surface area contributed by atoms with Gasteiger partial charge in [-0.25, -0.2) is 0 Å². The van der Waals surface area contributed by atoms with Crippen LogP contribution in [-0.2, 0) is 9.47 Å². The molecule has 0 N–H and O–H groups in total. The minimum Gasteiger partial charge on any atom is -0.362 e. The summed E-state index contributed by atoms with van der Waals surface area (Å²) in [6.45, 7) is 4.81. The van der Waals surface area contributed by atoms with Gasteiger partial charge in [-0.2, -0.15) is 0 Å². The van der Waals surface area contributed by atoms with Gasteiger partial charge in [0, 0.05) is 13.2 Å². The standard InChI is InChI=1S/C10H14O2/c1-5-9(11-7-3)10(6-2)12-8-4/h1-2,9-10H,7-8H2,3-4H3/t9-,10-/m1/s1. The summed E-state index contributed by atoms with van der Waals surface area (Å²) in [5, 5.41) is 0. The molecule has 0 rings (SSSR count). The van der Waals surface area contributed by atoms with Gasteiger partial charge in [-0.15, -0.1) is 12.8 Å². The third-order valence-electron chi connectivity index (χ3n) is 1.30. The largest absolute Gasteiger partial charge is 0.362 e. The molecule has 2 atom stereocenters. The minimum absolute atomic E-state index is 0.431. The van der Waals surface area contributed by atoms with Gasteiger partial charge in [0.15, 0.2) is 12.2 Å². The molecule has 12 heavy (non-hydrogen) atoms. The van der Waals surface area contributed by atoms with Crippen LogP contribution in [0.1, 0.15) is 13.8 Å². The summed E-state index contributed by atoms with van der Waals surface area (Å²) < 4.78 is 10.4. The molecule has 0 aliphatic heterocycles. The molecule has 0 saturated carbocycles. The molecule has 0 fully saturated rings. The van der Waals surface area contributed by atoms with Crippen LogP contribution in [0.15, 0.2) is 0 Å². The average Bonchev–Trinajstić information content (AvgIpc) is 2.11. The third-order valence-corrected chi connectivity index (χ3v) is 1.30. The maximum Gasteiger partial charge on any atom is 0.155 e.